The minimum Gasteiger partial charge on any atom is -0.389 e. The highest BCUT2D eigenvalue weighted by molar-refractivity contribution is 9.10. The second-order valence-electron chi connectivity index (χ2n) is 4.66. The molecule has 0 saturated heterocycles. The summed E-state index contributed by atoms with van der Waals surface area (Å²) in [5.41, 5.74) is 0.892. The van der Waals surface area contributed by atoms with E-state index in [9.17, 15) is 5.11 Å². The van der Waals surface area contributed by atoms with Crippen molar-refractivity contribution < 1.29 is 14.6 Å². The van der Waals surface area contributed by atoms with Crippen LogP contribution in [-0.2, 0) is 9.47 Å². The molecule has 114 valence electrons. The van der Waals surface area contributed by atoms with Gasteiger partial charge in [-0.3, -0.25) is 0 Å². The van der Waals surface area contributed by atoms with E-state index < -0.39 is 6.10 Å². The lowest BCUT2D eigenvalue weighted by molar-refractivity contribution is -0.00734. The van der Waals surface area contributed by atoms with E-state index in [0.717, 1.165) is 10.2 Å². The SMILES string of the molecule is CC(C)OCCOCC(O)CNc1ccc(Cl)c(Br)c1. The van der Waals surface area contributed by atoms with Gasteiger partial charge in [0.2, 0.25) is 0 Å². The first-order chi connectivity index (χ1) is 9.49. The van der Waals surface area contributed by atoms with Crippen LogP contribution in [-0.4, -0.2) is 43.7 Å². The maximum absolute atomic E-state index is 9.78. The summed E-state index contributed by atoms with van der Waals surface area (Å²) in [7, 11) is 0. The summed E-state index contributed by atoms with van der Waals surface area (Å²) in [6, 6.07) is 5.52. The summed E-state index contributed by atoms with van der Waals surface area (Å²) in [6.45, 7) is 5.68. The molecular formula is C14H21BrClNO3. The van der Waals surface area contributed by atoms with E-state index in [4.69, 9.17) is 21.1 Å². The Morgan fingerprint density at radius 2 is 2.10 bits per heavy atom. The summed E-state index contributed by atoms with van der Waals surface area (Å²) in [5.74, 6) is 0. The number of aliphatic hydroxyl groups is 1. The van der Waals surface area contributed by atoms with Crippen LogP contribution in [0.5, 0.6) is 0 Å². The van der Waals surface area contributed by atoms with Crippen molar-refractivity contribution in [1.82, 2.24) is 0 Å². The molecule has 20 heavy (non-hydrogen) atoms. The van der Waals surface area contributed by atoms with Gasteiger partial charge in [0.05, 0.1) is 37.1 Å². The number of halogens is 2. The third-order valence-corrected chi connectivity index (χ3v) is 3.66. The number of ether oxygens (including phenoxy) is 2. The molecule has 0 saturated carbocycles. The molecule has 0 spiro atoms. The van der Waals surface area contributed by atoms with Gasteiger partial charge in [0.15, 0.2) is 0 Å². The average molecular weight is 367 g/mol. The zero-order valence-electron chi connectivity index (χ0n) is 11.7. The van der Waals surface area contributed by atoms with Crippen LogP contribution < -0.4 is 5.32 Å². The van der Waals surface area contributed by atoms with Crippen molar-refractivity contribution in [1.29, 1.82) is 0 Å². The Morgan fingerprint density at radius 1 is 1.35 bits per heavy atom. The molecule has 4 nitrogen and oxygen atoms in total. The van der Waals surface area contributed by atoms with Crippen molar-refractivity contribution >= 4 is 33.2 Å². The Labute approximate surface area is 133 Å². The fourth-order valence-corrected chi connectivity index (χ4v) is 1.96. The molecule has 2 N–H and O–H groups in total. The van der Waals surface area contributed by atoms with E-state index in [1.807, 2.05) is 26.0 Å². The fraction of sp³-hybridized carbons (Fsp3) is 0.571. The predicted octanol–water partition coefficient (Wildman–Crippen LogP) is 3.32. The molecule has 0 fully saturated rings. The number of benzene rings is 1. The third-order valence-electron chi connectivity index (χ3n) is 2.45. The maximum atomic E-state index is 9.78. The van der Waals surface area contributed by atoms with Gasteiger partial charge in [-0.2, -0.15) is 0 Å². The highest BCUT2D eigenvalue weighted by atomic mass is 79.9. The first-order valence-corrected chi connectivity index (χ1v) is 7.72. The van der Waals surface area contributed by atoms with Crippen molar-refractivity contribution in [3.8, 4) is 0 Å². The summed E-state index contributed by atoms with van der Waals surface area (Å²) >= 11 is 9.26. The van der Waals surface area contributed by atoms with Crippen LogP contribution >= 0.6 is 27.5 Å². The molecule has 0 aliphatic heterocycles. The first-order valence-electron chi connectivity index (χ1n) is 6.55. The minimum absolute atomic E-state index is 0.202. The Morgan fingerprint density at radius 3 is 2.75 bits per heavy atom. The van der Waals surface area contributed by atoms with E-state index in [1.54, 1.807) is 6.07 Å². The standard InChI is InChI=1S/C14H21BrClNO3/c1-10(2)20-6-5-19-9-12(18)8-17-11-3-4-14(16)13(15)7-11/h3-4,7,10,12,17-18H,5-6,8-9H2,1-2H3. The van der Waals surface area contributed by atoms with Crippen molar-refractivity contribution in [2.24, 2.45) is 0 Å². The van der Waals surface area contributed by atoms with Crippen molar-refractivity contribution in [3.05, 3.63) is 27.7 Å². The van der Waals surface area contributed by atoms with Crippen molar-refractivity contribution in [2.45, 2.75) is 26.1 Å². The molecule has 0 aromatic heterocycles. The van der Waals surface area contributed by atoms with Crippen LogP contribution in [0.15, 0.2) is 22.7 Å². The van der Waals surface area contributed by atoms with Crippen molar-refractivity contribution in [2.75, 3.05) is 31.7 Å². The smallest absolute Gasteiger partial charge is 0.0945 e. The number of rotatable bonds is 9. The van der Waals surface area contributed by atoms with Crippen LogP contribution in [0, 0.1) is 0 Å². The molecule has 0 amide bonds. The Bertz CT molecular complexity index is 404. The Balaban J connectivity index is 2.16. The van der Waals surface area contributed by atoms with Gasteiger partial charge >= 0.3 is 0 Å². The average Bonchev–Trinajstić information content (AvgIpc) is 2.39. The summed E-state index contributed by atoms with van der Waals surface area (Å²) in [4.78, 5) is 0. The molecule has 0 aliphatic rings. The quantitative estimate of drug-likeness (QED) is 0.658. The number of aliphatic hydroxyl groups excluding tert-OH is 1. The fourth-order valence-electron chi connectivity index (χ4n) is 1.46. The van der Waals surface area contributed by atoms with Crippen LogP contribution in [0.4, 0.5) is 5.69 Å². The first kappa shape index (κ1) is 17.7. The van der Waals surface area contributed by atoms with Gasteiger partial charge in [-0.05, 0) is 48.0 Å². The number of hydrogen-bond acceptors (Lipinski definition) is 4. The van der Waals surface area contributed by atoms with Gasteiger partial charge in [-0.25, -0.2) is 0 Å². The molecular weight excluding hydrogens is 346 g/mol. The normalized spacial score (nSPS) is 12.7. The monoisotopic (exact) mass is 365 g/mol. The predicted molar refractivity (Wildman–Crippen MR) is 85.6 cm³/mol. The zero-order valence-corrected chi connectivity index (χ0v) is 14.1. The van der Waals surface area contributed by atoms with Gasteiger partial charge in [0.1, 0.15) is 0 Å². The second kappa shape index (κ2) is 9.58. The highest BCUT2D eigenvalue weighted by Gasteiger charge is 2.05. The topological polar surface area (TPSA) is 50.7 Å². The van der Waals surface area contributed by atoms with E-state index in [2.05, 4.69) is 21.2 Å². The molecule has 1 unspecified atom stereocenters. The summed E-state index contributed by atoms with van der Waals surface area (Å²) in [6.07, 6.45) is -0.364. The molecule has 1 aromatic rings. The number of hydrogen-bond donors (Lipinski definition) is 2. The molecule has 1 atom stereocenters. The highest BCUT2D eigenvalue weighted by Crippen LogP contribution is 2.25. The van der Waals surface area contributed by atoms with Gasteiger partial charge in [0.25, 0.3) is 0 Å². The molecule has 6 heteroatoms. The largest absolute Gasteiger partial charge is 0.389 e. The second-order valence-corrected chi connectivity index (χ2v) is 5.92. The number of anilines is 1. The van der Waals surface area contributed by atoms with E-state index in [-0.39, 0.29) is 12.7 Å². The Hall–Kier alpha value is -0.330. The lowest BCUT2D eigenvalue weighted by Crippen LogP contribution is -2.25. The molecule has 0 heterocycles. The van der Waals surface area contributed by atoms with Crippen LogP contribution in [0.3, 0.4) is 0 Å². The van der Waals surface area contributed by atoms with Gasteiger partial charge in [0, 0.05) is 16.7 Å². The van der Waals surface area contributed by atoms with Crippen LogP contribution in [0.1, 0.15) is 13.8 Å². The molecule has 1 aromatic carbocycles. The van der Waals surface area contributed by atoms with Crippen LogP contribution in [0.2, 0.25) is 5.02 Å². The van der Waals surface area contributed by atoms with E-state index >= 15 is 0 Å². The maximum Gasteiger partial charge on any atom is 0.0945 e. The number of nitrogens with one attached hydrogen (secondary N) is 1. The zero-order chi connectivity index (χ0) is 15.0. The Kier molecular flexibility index (Phi) is 8.49. The third kappa shape index (κ3) is 7.45. The van der Waals surface area contributed by atoms with Gasteiger partial charge in [-0.1, -0.05) is 11.6 Å². The van der Waals surface area contributed by atoms with Crippen LogP contribution in [0.25, 0.3) is 0 Å². The van der Waals surface area contributed by atoms with E-state index in [0.29, 0.717) is 24.8 Å². The summed E-state index contributed by atoms with van der Waals surface area (Å²) in [5, 5.41) is 13.6. The van der Waals surface area contributed by atoms with Crippen molar-refractivity contribution in [3.63, 3.8) is 0 Å². The van der Waals surface area contributed by atoms with Gasteiger partial charge in [-0.15, -0.1) is 0 Å². The molecule has 1 rings (SSSR count). The molecule has 0 bridgehead atoms. The lowest BCUT2D eigenvalue weighted by atomic mass is 10.3. The summed E-state index contributed by atoms with van der Waals surface area (Å²) < 4.78 is 11.5. The minimum atomic E-state index is -0.566. The molecule has 0 radical (unpaired) electrons. The lowest BCUT2D eigenvalue weighted by Gasteiger charge is -2.14. The van der Waals surface area contributed by atoms with E-state index in [1.165, 1.54) is 0 Å². The molecule has 0 aliphatic carbocycles. The van der Waals surface area contributed by atoms with Gasteiger partial charge < -0.3 is 19.9 Å².